The Morgan fingerprint density at radius 1 is 1.17 bits per heavy atom. The molecule has 36 heavy (non-hydrogen) atoms. The Kier molecular flexibility index (Phi) is 7.96. The van der Waals surface area contributed by atoms with Gasteiger partial charge in [-0.1, -0.05) is 25.0 Å². The summed E-state index contributed by atoms with van der Waals surface area (Å²) in [5, 5.41) is 0. The molecule has 0 saturated carbocycles. The Balaban J connectivity index is 1.54. The fourth-order valence-electron chi connectivity index (χ4n) is 5.70. The van der Waals surface area contributed by atoms with Gasteiger partial charge in [0.25, 0.3) is 5.91 Å². The highest BCUT2D eigenvalue weighted by atomic mass is 16.5. The Labute approximate surface area is 211 Å². The minimum absolute atomic E-state index is 0.0746. The van der Waals surface area contributed by atoms with Crippen LogP contribution in [-0.2, 0) is 19.1 Å². The minimum atomic E-state index is -1.16. The fourth-order valence-corrected chi connectivity index (χ4v) is 5.70. The van der Waals surface area contributed by atoms with Crippen LogP contribution >= 0.6 is 0 Å². The van der Waals surface area contributed by atoms with Crippen LogP contribution in [0.15, 0.2) is 47.2 Å². The topological polar surface area (TPSA) is 100 Å². The number of ether oxygens (including phenoxy) is 1. The molecule has 0 aromatic carbocycles. The van der Waals surface area contributed by atoms with E-state index in [0.29, 0.717) is 38.3 Å². The third-order valence-electron chi connectivity index (χ3n) is 7.50. The van der Waals surface area contributed by atoms with E-state index in [0.717, 1.165) is 25.7 Å². The lowest BCUT2D eigenvalue weighted by atomic mass is 9.69. The molecule has 0 N–H and O–H groups in total. The molecule has 0 spiro atoms. The van der Waals surface area contributed by atoms with Gasteiger partial charge in [-0.25, -0.2) is 0 Å². The molecular formula is C27H35N3O6. The minimum Gasteiger partial charge on any atom is -0.465 e. The van der Waals surface area contributed by atoms with Crippen molar-refractivity contribution in [2.75, 3.05) is 39.3 Å². The van der Waals surface area contributed by atoms with Gasteiger partial charge in [-0.15, -0.1) is 6.58 Å². The highest BCUT2D eigenvalue weighted by molar-refractivity contribution is 5.99. The lowest BCUT2D eigenvalue weighted by Gasteiger charge is -2.37. The molecule has 0 unspecified atom stereocenters. The first-order chi connectivity index (χ1) is 17.4. The van der Waals surface area contributed by atoms with Crippen LogP contribution in [0.3, 0.4) is 0 Å². The van der Waals surface area contributed by atoms with Crippen molar-refractivity contribution in [3.63, 3.8) is 0 Å². The van der Waals surface area contributed by atoms with Crippen molar-refractivity contribution in [1.29, 1.82) is 0 Å². The van der Waals surface area contributed by atoms with Crippen molar-refractivity contribution in [2.24, 2.45) is 11.3 Å². The Morgan fingerprint density at radius 3 is 2.58 bits per heavy atom. The lowest BCUT2D eigenvalue weighted by molar-refractivity contribution is -0.158. The Bertz CT molecular complexity index is 1020. The van der Waals surface area contributed by atoms with Crippen LogP contribution in [0, 0.1) is 11.3 Å². The zero-order valence-electron chi connectivity index (χ0n) is 20.9. The van der Waals surface area contributed by atoms with Crippen LogP contribution in [0.1, 0.15) is 56.0 Å². The van der Waals surface area contributed by atoms with Crippen molar-refractivity contribution in [3.8, 4) is 0 Å². The highest BCUT2D eigenvalue weighted by Crippen LogP contribution is 2.52. The fraction of sp³-hybridized carbons (Fsp3) is 0.556. The summed E-state index contributed by atoms with van der Waals surface area (Å²) in [6, 6.07) is 3.29. The third-order valence-corrected chi connectivity index (χ3v) is 7.50. The first-order valence-electron chi connectivity index (χ1n) is 12.8. The molecule has 2 atom stereocenters. The largest absolute Gasteiger partial charge is 0.465 e. The number of furan rings is 1. The van der Waals surface area contributed by atoms with Crippen molar-refractivity contribution in [2.45, 2.75) is 45.4 Å². The van der Waals surface area contributed by atoms with Crippen molar-refractivity contribution < 1.29 is 28.3 Å². The number of hydrogen-bond donors (Lipinski definition) is 0. The molecule has 1 aliphatic carbocycles. The van der Waals surface area contributed by atoms with Gasteiger partial charge in [0.2, 0.25) is 11.8 Å². The Hall–Kier alpha value is -3.36. The van der Waals surface area contributed by atoms with Gasteiger partial charge in [0, 0.05) is 44.8 Å². The molecule has 0 bridgehead atoms. The van der Waals surface area contributed by atoms with Crippen LogP contribution in [0.2, 0.25) is 0 Å². The number of carbonyl (C=O) groups excluding carboxylic acids is 4. The summed E-state index contributed by atoms with van der Waals surface area (Å²) >= 11 is 0. The van der Waals surface area contributed by atoms with E-state index >= 15 is 0 Å². The molecule has 2 fully saturated rings. The van der Waals surface area contributed by atoms with Crippen LogP contribution in [0.4, 0.5) is 0 Å². The molecule has 4 rings (SSSR count). The Morgan fingerprint density at radius 2 is 1.92 bits per heavy atom. The van der Waals surface area contributed by atoms with Gasteiger partial charge in [0.1, 0.15) is 5.41 Å². The van der Waals surface area contributed by atoms with Crippen LogP contribution in [-0.4, -0.2) is 77.7 Å². The first kappa shape index (κ1) is 25.7. The van der Waals surface area contributed by atoms with Gasteiger partial charge in [-0.2, -0.15) is 0 Å². The average Bonchev–Trinajstić information content (AvgIpc) is 3.47. The summed E-state index contributed by atoms with van der Waals surface area (Å²) in [5.74, 6) is -1.60. The van der Waals surface area contributed by atoms with Crippen LogP contribution < -0.4 is 0 Å². The number of rotatable bonds is 7. The molecule has 3 heterocycles. The number of amides is 3. The number of nitrogens with zero attached hydrogens (tertiary/aromatic N) is 3. The molecule has 194 valence electrons. The molecule has 9 nitrogen and oxygen atoms in total. The summed E-state index contributed by atoms with van der Waals surface area (Å²) in [6.45, 7) is 7.50. The van der Waals surface area contributed by atoms with Gasteiger partial charge in [-0.05, 0) is 38.3 Å². The number of likely N-dealkylation sites (tertiary alicyclic amines) is 1. The van der Waals surface area contributed by atoms with E-state index in [1.165, 1.54) is 6.26 Å². The quantitative estimate of drug-likeness (QED) is 0.424. The van der Waals surface area contributed by atoms with Crippen molar-refractivity contribution >= 4 is 23.7 Å². The average molecular weight is 498 g/mol. The monoisotopic (exact) mass is 497 g/mol. The number of fused-ring (bicyclic) bond motifs is 1. The maximum absolute atomic E-state index is 13.7. The van der Waals surface area contributed by atoms with Crippen LogP contribution in [0.25, 0.3) is 0 Å². The summed E-state index contributed by atoms with van der Waals surface area (Å²) < 4.78 is 10.7. The van der Waals surface area contributed by atoms with E-state index in [1.807, 2.05) is 6.08 Å². The summed E-state index contributed by atoms with van der Waals surface area (Å²) in [4.78, 5) is 58.2. The van der Waals surface area contributed by atoms with Crippen molar-refractivity contribution in [1.82, 2.24) is 14.7 Å². The van der Waals surface area contributed by atoms with E-state index in [1.54, 1.807) is 39.8 Å². The molecule has 3 amide bonds. The molecule has 1 aromatic rings. The van der Waals surface area contributed by atoms with E-state index in [2.05, 4.69) is 6.58 Å². The summed E-state index contributed by atoms with van der Waals surface area (Å²) in [5.41, 5.74) is -0.499. The maximum atomic E-state index is 13.7. The molecule has 1 aromatic heterocycles. The van der Waals surface area contributed by atoms with E-state index in [9.17, 15) is 19.2 Å². The van der Waals surface area contributed by atoms with Crippen molar-refractivity contribution in [3.05, 3.63) is 48.6 Å². The van der Waals surface area contributed by atoms with Crippen LogP contribution in [0.5, 0.6) is 0 Å². The van der Waals surface area contributed by atoms with Gasteiger partial charge >= 0.3 is 5.97 Å². The van der Waals surface area contributed by atoms with Gasteiger partial charge in [0.15, 0.2) is 5.76 Å². The van der Waals surface area contributed by atoms with E-state index in [-0.39, 0.29) is 43.1 Å². The van der Waals surface area contributed by atoms with Gasteiger partial charge in [0.05, 0.1) is 18.8 Å². The number of allylic oxidation sites excluding steroid dienone is 1. The zero-order valence-corrected chi connectivity index (χ0v) is 20.9. The number of esters is 1. The molecular weight excluding hydrogens is 462 g/mol. The smallest absolute Gasteiger partial charge is 0.318 e. The second kappa shape index (κ2) is 11.1. The predicted molar refractivity (Wildman–Crippen MR) is 131 cm³/mol. The van der Waals surface area contributed by atoms with E-state index in [4.69, 9.17) is 9.15 Å². The second-order valence-electron chi connectivity index (χ2n) is 9.53. The molecule has 3 aliphatic rings. The van der Waals surface area contributed by atoms with Gasteiger partial charge in [-0.3, -0.25) is 19.2 Å². The van der Waals surface area contributed by atoms with E-state index < -0.39 is 17.3 Å². The summed E-state index contributed by atoms with van der Waals surface area (Å²) in [6.07, 6.45) is 8.98. The molecule has 0 radical (unpaired) electrons. The summed E-state index contributed by atoms with van der Waals surface area (Å²) in [7, 11) is 0. The van der Waals surface area contributed by atoms with Gasteiger partial charge < -0.3 is 23.9 Å². The lowest BCUT2D eigenvalue weighted by Crippen LogP contribution is -2.51. The predicted octanol–water partition coefficient (Wildman–Crippen LogP) is 3.00. The molecule has 9 heteroatoms. The third kappa shape index (κ3) is 4.70. The number of hydrogen-bond acceptors (Lipinski definition) is 6. The maximum Gasteiger partial charge on any atom is 0.318 e. The highest BCUT2D eigenvalue weighted by Gasteiger charge is 2.61. The first-order valence-corrected chi connectivity index (χ1v) is 12.8. The standard InChI is InChI=1S/C27H35N3O6/c1-3-13-30-22-11-7-5-6-8-12-27(22,26(34)35-4-2)20(24(30)32)19-23(31)28-14-16-29(17-15-28)25(33)21-10-9-18-36-21/h3,9-11,18,20H,1,4-8,12-17,19H2,2H3/b22-11+/t20-,27-/m1/s1. The molecule has 2 saturated heterocycles. The normalized spacial score (nSPS) is 25.9. The molecule has 2 aliphatic heterocycles. The zero-order chi connectivity index (χ0) is 25.7. The number of carbonyl (C=O) groups is 4. The SMILES string of the molecule is C=CCN1C(=O)[C@@H](CC(=O)N2CCN(C(=O)c3ccco3)CC2)[C@]2(C(=O)OCC)CCCCC/C=C/12. The number of piperazine rings is 1. The second-order valence-corrected chi connectivity index (χ2v) is 9.53.